The molecule has 0 bridgehead atoms. The third-order valence-corrected chi connectivity index (χ3v) is 15.5. The van der Waals surface area contributed by atoms with E-state index >= 15 is 0 Å². The van der Waals surface area contributed by atoms with Gasteiger partial charge in [0.2, 0.25) is 0 Å². The lowest BCUT2D eigenvalue weighted by Crippen LogP contribution is -1.90. The topological polar surface area (TPSA) is 13.1 Å². The zero-order valence-electron chi connectivity index (χ0n) is 38.1. The molecule has 1 nitrogen and oxygen atoms in total. The molecule has 13 aromatic carbocycles. The zero-order valence-corrected chi connectivity index (χ0v) is 38.9. The summed E-state index contributed by atoms with van der Waals surface area (Å²) >= 11 is 1.87. The van der Waals surface area contributed by atoms with Gasteiger partial charge in [-0.2, -0.15) is 0 Å². The van der Waals surface area contributed by atoms with E-state index in [1.807, 2.05) is 11.3 Å². The van der Waals surface area contributed by atoms with Crippen molar-refractivity contribution in [2.24, 2.45) is 0 Å². The molecule has 0 aliphatic rings. The highest BCUT2D eigenvalue weighted by molar-refractivity contribution is 7.25. The van der Waals surface area contributed by atoms with E-state index in [2.05, 4.69) is 255 Å². The quantitative estimate of drug-likeness (QED) is 0.160. The van der Waals surface area contributed by atoms with Gasteiger partial charge in [-0.05, 0) is 135 Å². The summed E-state index contributed by atoms with van der Waals surface area (Å²) in [6.07, 6.45) is 0. The van der Waals surface area contributed by atoms with Crippen LogP contribution >= 0.6 is 11.3 Å². The van der Waals surface area contributed by atoms with Crippen LogP contribution < -0.4 is 0 Å². The molecule has 70 heavy (non-hydrogen) atoms. The summed E-state index contributed by atoms with van der Waals surface area (Å²) < 4.78 is 8.99. The molecule has 0 aliphatic carbocycles. The summed E-state index contributed by atoms with van der Waals surface area (Å²) in [6, 6.07) is 92.1. The van der Waals surface area contributed by atoms with E-state index in [9.17, 15) is 0 Å². The maximum absolute atomic E-state index is 6.30. The SMILES string of the molecule is c1ccc(-c2c3ccccc3c(-c3ccc4oc5ccc6ccccc6c5c4c3)c3ccccc23)cc1.c1ccc(-c2c3ccccc3c(-c3ccc4sc5ccccc5c4c3)c3ccccc23)cc1. The van der Waals surface area contributed by atoms with Crippen molar-refractivity contribution in [2.45, 2.75) is 0 Å². The second-order valence-corrected chi connectivity index (χ2v) is 19.3. The van der Waals surface area contributed by atoms with Crippen LogP contribution in [-0.4, -0.2) is 0 Å². The first-order valence-corrected chi connectivity index (χ1v) is 24.8. The fraction of sp³-hybridized carbons (Fsp3) is 0. The molecule has 0 atom stereocenters. The summed E-state index contributed by atoms with van der Waals surface area (Å²) in [5, 5.41) is 17.7. The van der Waals surface area contributed by atoms with E-state index in [1.165, 1.54) is 124 Å². The molecule has 0 aliphatic heterocycles. The molecular formula is C68H42OS. The number of hydrogen-bond acceptors (Lipinski definition) is 2. The van der Waals surface area contributed by atoms with Crippen LogP contribution in [-0.2, 0) is 0 Å². The molecule has 0 radical (unpaired) electrons. The molecule has 15 rings (SSSR count). The van der Waals surface area contributed by atoms with Gasteiger partial charge in [0.25, 0.3) is 0 Å². The second kappa shape index (κ2) is 16.5. The molecule has 2 aromatic heterocycles. The number of fused-ring (bicyclic) bond motifs is 12. The molecule has 0 spiro atoms. The minimum Gasteiger partial charge on any atom is -0.456 e. The summed E-state index contributed by atoms with van der Waals surface area (Å²) in [7, 11) is 0. The maximum atomic E-state index is 6.30. The monoisotopic (exact) mass is 906 g/mol. The Bertz CT molecular complexity index is 4410. The molecule has 0 unspecified atom stereocenters. The van der Waals surface area contributed by atoms with E-state index < -0.39 is 0 Å². The lowest BCUT2D eigenvalue weighted by Gasteiger charge is -2.17. The Kier molecular flexibility index (Phi) is 9.46. The molecule has 0 fully saturated rings. The first-order chi connectivity index (χ1) is 34.7. The van der Waals surface area contributed by atoms with Gasteiger partial charge in [-0.15, -0.1) is 11.3 Å². The number of furan rings is 1. The van der Waals surface area contributed by atoms with Crippen molar-refractivity contribution >= 4 is 107 Å². The normalized spacial score (nSPS) is 11.7. The van der Waals surface area contributed by atoms with Crippen LogP contribution in [0.3, 0.4) is 0 Å². The van der Waals surface area contributed by atoms with Crippen molar-refractivity contribution in [3.8, 4) is 44.5 Å². The van der Waals surface area contributed by atoms with Crippen LogP contribution in [0, 0.1) is 0 Å². The van der Waals surface area contributed by atoms with E-state index in [1.54, 1.807) is 0 Å². The summed E-state index contributed by atoms with van der Waals surface area (Å²) in [4.78, 5) is 0. The van der Waals surface area contributed by atoms with E-state index in [4.69, 9.17) is 4.42 Å². The third-order valence-electron chi connectivity index (χ3n) is 14.3. The predicted octanol–water partition coefficient (Wildman–Crippen LogP) is 20.1. The number of hydrogen-bond donors (Lipinski definition) is 0. The van der Waals surface area contributed by atoms with E-state index in [0.29, 0.717) is 0 Å². The molecule has 2 heterocycles. The van der Waals surface area contributed by atoms with Crippen molar-refractivity contribution in [2.75, 3.05) is 0 Å². The van der Waals surface area contributed by atoms with Crippen molar-refractivity contribution in [3.05, 3.63) is 255 Å². The Morgan fingerprint density at radius 1 is 0.229 bits per heavy atom. The highest BCUT2D eigenvalue weighted by Gasteiger charge is 2.20. The third kappa shape index (κ3) is 6.45. The van der Waals surface area contributed by atoms with Crippen LogP contribution in [0.4, 0.5) is 0 Å². The van der Waals surface area contributed by atoms with E-state index in [0.717, 1.165) is 16.6 Å². The molecule has 326 valence electrons. The van der Waals surface area contributed by atoms with Gasteiger partial charge in [0, 0.05) is 30.9 Å². The van der Waals surface area contributed by atoms with Crippen molar-refractivity contribution in [1.29, 1.82) is 0 Å². The largest absolute Gasteiger partial charge is 0.456 e. The predicted molar refractivity (Wildman–Crippen MR) is 302 cm³/mol. The smallest absolute Gasteiger partial charge is 0.136 e. The van der Waals surface area contributed by atoms with Crippen molar-refractivity contribution in [1.82, 2.24) is 0 Å². The lowest BCUT2D eigenvalue weighted by molar-refractivity contribution is 0.669. The zero-order chi connectivity index (χ0) is 46.1. The molecule has 0 N–H and O–H groups in total. The van der Waals surface area contributed by atoms with Crippen molar-refractivity contribution < 1.29 is 4.42 Å². The van der Waals surface area contributed by atoms with Gasteiger partial charge in [0.1, 0.15) is 11.2 Å². The molecule has 2 heteroatoms. The van der Waals surface area contributed by atoms with Crippen LogP contribution in [0.5, 0.6) is 0 Å². The lowest BCUT2D eigenvalue weighted by atomic mass is 9.86. The van der Waals surface area contributed by atoms with Gasteiger partial charge in [-0.3, -0.25) is 0 Å². The number of benzene rings is 13. The summed E-state index contributed by atoms with van der Waals surface area (Å²) in [6.45, 7) is 0. The second-order valence-electron chi connectivity index (χ2n) is 18.2. The van der Waals surface area contributed by atoms with Gasteiger partial charge in [-0.1, -0.05) is 218 Å². The molecular weight excluding hydrogens is 865 g/mol. The average molecular weight is 907 g/mol. The minimum atomic E-state index is 0.921. The van der Waals surface area contributed by atoms with Gasteiger partial charge >= 0.3 is 0 Å². The minimum absolute atomic E-state index is 0.921. The first kappa shape index (κ1) is 40.3. The van der Waals surface area contributed by atoms with Crippen LogP contribution in [0.1, 0.15) is 0 Å². The summed E-state index contributed by atoms with van der Waals surface area (Å²) in [5.41, 5.74) is 12.0. The molecule has 0 saturated carbocycles. The Labute approximate surface area is 408 Å². The molecule has 15 aromatic rings. The Morgan fingerprint density at radius 2 is 0.600 bits per heavy atom. The van der Waals surface area contributed by atoms with Gasteiger partial charge in [0.15, 0.2) is 0 Å². The fourth-order valence-corrected chi connectivity index (χ4v) is 12.4. The highest BCUT2D eigenvalue weighted by Crippen LogP contribution is 2.47. The summed E-state index contributed by atoms with van der Waals surface area (Å²) in [5.74, 6) is 0. The maximum Gasteiger partial charge on any atom is 0.136 e. The van der Waals surface area contributed by atoms with Crippen LogP contribution in [0.25, 0.3) is 140 Å². The first-order valence-electron chi connectivity index (χ1n) is 24.0. The van der Waals surface area contributed by atoms with Crippen LogP contribution in [0.15, 0.2) is 259 Å². The van der Waals surface area contributed by atoms with Gasteiger partial charge < -0.3 is 4.42 Å². The average Bonchev–Trinajstić information content (AvgIpc) is 4.00. The Balaban J connectivity index is 0.000000132. The number of thiophene rings is 1. The molecule has 0 saturated heterocycles. The van der Waals surface area contributed by atoms with Gasteiger partial charge in [0.05, 0.1) is 0 Å². The number of rotatable bonds is 4. The highest BCUT2D eigenvalue weighted by atomic mass is 32.1. The van der Waals surface area contributed by atoms with Crippen molar-refractivity contribution in [3.63, 3.8) is 0 Å². The Hall–Kier alpha value is -8.82. The molecule has 0 amide bonds. The standard InChI is InChI=1S/C36H22O.C32H20S/c1-2-11-24(12-3-1)34-27-14-6-8-16-29(27)35(30-17-9-7-15-28(30)34)25-19-20-32-31(22-25)36-26-13-5-4-10-23(26)18-21-33(36)37-32;1-2-10-21(11-3-1)31-24-13-4-6-15-26(24)32(27-16-7-5-14-25(27)31)22-18-19-30-28(20-22)23-12-8-9-17-29(23)33-30/h1-22H;1-20H. The van der Waals surface area contributed by atoms with E-state index in [-0.39, 0.29) is 0 Å². The Morgan fingerprint density at radius 3 is 1.11 bits per heavy atom. The van der Waals surface area contributed by atoms with Gasteiger partial charge in [-0.25, -0.2) is 0 Å². The fourth-order valence-electron chi connectivity index (χ4n) is 11.3. The van der Waals surface area contributed by atoms with Crippen LogP contribution in [0.2, 0.25) is 0 Å².